The normalized spacial score (nSPS) is 11.7. The Labute approximate surface area is 212 Å². The summed E-state index contributed by atoms with van der Waals surface area (Å²) in [6.07, 6.45) is -1.17. The predicted molar refractivity (Wildman–Crippen MR) is 135 cm³/mol. The van der Waals surface area contributed by atoms with E-state index in [-0.39, 0.29) is 10.7 Å². The Morgan fingerprint density at radius 3 is 2.03 bits per heavy atom. The first-order valence-corrected chi connectivity index (χ1v) is 11.1. The van der Waals surface area contributed by atoms with Gasteiger partial charge in [0.05, 0.1) is 27.9 Å². The van der Waals surface area contributed by atoms with Crippen LogP contribution in [0.1, 0.15) is 17.3 Å². The number of hydrogen-bond acceptors (Lipinski definition) is 6. The number of ether oxygens (including phenoxy) is 4. The molecular weight excluding hydrogens is 513 g/mol. The summed E-state index contributed by atoms with van der Waals surface area (Å²) in [7, 11) is 4.34. The second-order valence-corrected chi connectivity index (χ2v) is 9.20. The molecule has 0 aliphatic heterocycles. The molecule has 12 heteroatoms. The van der Waals surface area contributed by atoms with Crippen LogP contribution < -0.4 is 34.9 Å². The van der Waals surface area contributed by atoms with E-state index in [1.807, 2.05) is 6.92 Å². The van der Waals surface area contributed by atoms with Crippen molar-refractivity contribution in [1.29, 1.82) is 0 Å². The van der Waals surface area contributed by atoms with Crippen LogP contribution >= 0.6 is 47.0 Å². The molecular formula is C21H24Cl3N3O5S. The number of rotatable bonds is 9. The Balaban J connectivity index is 2.16. The number of anilines is 1. The van der Waals surface area contributed by atoms with Gasteiger partial charge in [0.15, 0.2) is 16.6 Å². The van der Waals surface area contributed by atoms with E-state index in [1.54, 1.807) is 24.3 Å². The van der Waals surface area contributed by atoms with Gasteiger partial charge in [-0.2, -0.15) is 0 Å². The number of carbonyl (C=O) groups excluding carboxylic acids is 1. The second kappa shape index (κ2) is 12.2. The summed E-state index contributed by atoms with van der Waals surface area (Å²) >= 11 is 23.5. The van der Waals surface area contributed by atoms with Gasteiger partial charge >= 0.3 is 0 Å². The van der Waals surface area contributed by atoms with Crippen LogP contribution in [0.2, 0.25) is 0 Å². The predicted octanol–water partition coefficient (Wildman–Crippen LogP) is 4.52. The van der Waals surface area contributed by atoms with Crippen molar-refractivity contribution in [3.8, 4) is 23.0 Å². The molecule has 3 N–H and O–H groups in total. The highest BCUT2D eigenvalue weighted by Crippen LogP contribution is 2.38. The fourth-order valence-corrected chi connectivity index (χ4v) is 3.29. The standard InChI is InChI=1S/C21H24Cl3N3O5S/c1-5-32-14-8-6-13(7-9-14)25-20(33)27-19(21(22,23)24)26-18(28)12-10-15(29-2)17(31-4)16(11-12)30-3/h6-11,19H,5H2,1-4H3,(H,26,28)(H2,25,27,33)/t19-/m1/s1. The van der Waals surface area contributed by atoms with Gasteiger partial charge in [-0.05, 0) is 55.5 Å². The van der Waals surface area contributed by atoms with Crippen LogP contribution in [0.3, 0.4) is 0 Å². The molecule has 0 spiro atoms. The van der Waals surface area contributed by atoms with E-state index in [4.69, 9.17) is 66.0 Å². The van der Waals surface area contributed by atoms with E-state index in [9.17, 15) is 4.79 Å². The van der Waals surface area contributed by atoms with Crippen molar-refractivity contribution in [2.24, 2.45) is 0 Å². The number of benzene rings is 2. The van der Waals surface area contributed by atoms with Crippen LogP contribution in [-0.2, 0) is 0 Å². The number of carbonyl (C=O) groups is 1. The van der Waals surface area contributed by atoms with Gasteiger partial charge in [-0.15, -0.1) is 0 Å². The summed E-state index contributed by atoms with van der Waals surface area (Å²) in [5.74, 6) is 1.09. The van der Waals surface area contributed by atoms with E-state index in [1.165, 1.54) is 33.5 Å². The Morgan fingerprint density at radius 1 is 1.00 bits per heavy atom. The van der Waals surface area contributed by atoms with Crippen LogP contribution in [0, 0.1) is 0 Å². The Hall–Kier alpha value is -2.33. The van der Waals surface area contributed by atoms with Crippen molar-refractivity contribution in [1.82, 2.24) is 10.6 Å². The van der Waals surface area contributed by atoms with Crippen molar-refractivity contribution < 1.29 is 23.7 Å². The van der Waals surface area contributed by atoms with Crippen molar-refractivity contribution in [2.75, 3.05) is 33.3 Å². The molecule has 0 heterocycles. The van der Waals surface area contributed by atoms with E-state index >= 15 is 0 Å². The highest BCUT2D eigenvalue weighted by molar-refractivity contribution is 7.80. The van der Waals surface area contributed by atoms with Gasteiger partial charge in [-0.3, -0.25) is 4.79 Å². The lowest BCUT2D eigenvalue weighted by atomic mass is 10.1. The van der Waals surface area contributed by atoms with Crippen LogP contribution in [0.4, 0.5) is 5.69 Å². The van der Waals surface area contributed by atoms with Crippen LogP contribution in [0.25, 0.3) is 0 Å². The van der Waals surface area contributed by atoms with Gasteiger partial charge in [0.2, 0.25) is 9.54 Å². The second-order valence-electron chi connectivity index (χ2n) is 6.42. The number of alkyl halides is 3. The lowest BCUT2D eigenvalue weighted by Crippen LogP contribution is -2.56. The third-order valence-corrected chi connectivity index (χ3v) is 5.10. The maximum Gasteiger partial charge on any atom is 0.253 e. The molecule has 0 aliphatic carbocycles. The number of hydrogen-bond donors (Lipinski definition) is 3. The number of nitrogens with one attached hydrogen (secondary N) is 3. The minimum Gasteiger partial charge on any atom is -0.494 e. The molecule has 2 aromatic carbocycles. The summed E-state index contributed by atoms with van der Waals surface area (Å²) in [5.41, 5.74) is 0.867. The van der Waals surface area contributed by atoms with Crippen molar-refractivity contribution in [3.63, 3.8) is 0 Å². The number of halogens is 3. The number of thiocarbonyl (C=S) groups is 1. The zero-order valence-corrected chi connectivity index (χ0v) is 21.4. The quantitative estimate of drug-likeness (QED) is 0.245. The molecule has 0 saturated heterocycles. The molecule has 0 unspecified atom stereocenters. The van der Waals surface area contributed by atoms with Gasteiger partial charge in [0.1, 0.15) is 11.9 Å². The average molecular weight is 537 g/mol. The van der Waals surface area contributed by atoms with Crippen LogP contribution in [-0.4, -0.2) is 48.9 Å². The summed E-state index contributed by atoms with van der Waals surface area (Å²) in [6.45, 7) is 2.46. The number of amides is 1. The smallest absolute Gasteiger partial charge is 0.253 e. The summed E-state index contributed by atoms with van der Waals surface area (Å²) in [6, 6.07) is 10.1. The molecule has 0 aliphatic rings. The minimum absolute atomic E-state index is 0.126. The largest absolute Gasteiger partial charge is 0.494 e. The van der Waals surface area contributed by atoms with Gasteiger partial charge in [-0.1, -0.05) is 34.8 Å². The zero-order chi connectivity index (χ0) is 24.6. The van der Waals surface area contributed by atoms with Crippen molar-refractivity contribution in [3.05, 3.63) is 42.0 Å². The summed E-state index contributed by atoms with van der Waals surface area (Å²) in [4.78, 5) is 12.9. The van der Waals surface area contributed by atoms with Gasteiger partial charge in [0.25, 0.3) is 5.91 Å². The van der Waals surface area contributed by atoms with E-state index in [0.29, 0.717) is 29.5 Å². The maximum atomic E-state index is 12.9. The van der Waals surface area contributed by atoms with Crippen molar-refractivity contribution in [2.45, 2.75) is 16.9 Å². The molecule has 33 heavy (non-hydrogen) atoms. The van der Waals surface area contributed by atoms with Gasteiger partial charge in [-0.25, -0.2) is 0 Å². The molecule has 2 rings (SSSR count). The summed E-state index contributed by atoms with van der Waals surface area (Å²) < 4.78 is 19.3. The fraction of sp³-hybridized carbons (Fsp3) is 0.333. The SMILES string of the molecule is CCOc1ccc(NC(=S)N[C@@H](NC(=O)c2cc(OC)c(OC)c(OC)c2)C(Cl)(Cl)Cl)cc1. The topological polar surface area (TPSA) is 90.1 Å². The molecule has 180 valence electrons. The Kier molecular flexibility index (Phi) is 9.97. The van der Waals surface area contributed by atoms with Crippen molar-refractivity contribution >= 4 is 63.7 Å². The van der Waals surface area contributed by atoms with Gasteiger partial charge in [0, 0.05) is 11.3 Å². The first kappa shape index (κ1) is 26.9. The molecule has 2 aromatic rings. The van der Waals surface area contributed by atoms with Gasteiger partial charge < -0.3 is 34.9 Å². The molecule has 1 atom stereocenters. The number of methoxy groups -OCH3 is 3. The first-order valence-electron chi connectivity index (χ1n) is 9.60. The molecule has 1 amide bonds. The van der Waals surface area contributed by atoms with E-state index in [0.717, 1.165) is 5.75 Å². The first-order chi connectivity index (χ1) is 15.6. The minimum atomic E-state index is -1.93. The van der Waals surface area contributed by atoms with Crippen LogP contribution in [0.5, 0.6) is 23.0 Å². The molecule has 0 fully saturated rings. The van der Waals surface area contributed by atoms with E-state index in [2.05, 4.69) is 16.0 Å². The Bertz CT molecular complexity index is 946. The average Bonchev–Trinajstić information content (AvgIpc) is 2.78. The molecule has 0 radical (unpaired) electrons. The van der Waals surface area contributed by atoms with Crippen LogP contribution in [0.15, 0.2) is 36.4 Å². The lowest BCUT2D eigenvalue weighted by Gasteiger charge is -2.28. The maximum absolute atomic E-state index is 12.9. The molecule has 0 bridgehead atoms. The third-order valence-electron chi connectivity index (χ3n) is 4.23. The lowest BCUT2D eigenvalue weighted by molar-refractivity contribution is 0.0933. The Morgan fingerprint density at radius 2 is 1.58 bits per heavy atom. The van der Waals surface area contributed by atoms with E-state index < -0.39 is 15.9 Å². The monoisotopic (exact) mass is 535 g/mol. The zero-order valence-electron chi connectivity index (χ0n) is 18.3. The third kappa shape index (κ3) is 7.60. The highest BCUT2D eigenvalue weighted by atomic mass is 35.6. The summed E-state index contributed by atoms with van der Waals surface area (Å²) in [5, 5.41) is 8.50. The highest BCUT2D eigenvalue weighted by Gasteiger charge is 2.35. The molecule has 0 aromatic heterocycles. The molecule has 0 saturated carbocycles. The molecule has 8 nitrogen and oxygen atoms in total. The fourth-order valence-electron chi connectivity index (χ4n) is 2.73.